The van der Waals surface area contributed by atoms with Crippen LogP contribution in [-0.4, -0.2) is 144 Å². The minimum absolute atomic E-state index is 0.0739. The van der Waals surface area contributed by atoms with E-state index >= 15 is 0 Å². The van der Waals surface area contributed by atoms with Crippen molar-refractivity contribution in [3.8, 4) is 0 Å². The molecular formula is C42H51N7O11S2. The van der Waals surface area contributed by atoms with Crippen LogP contribution >= 0.6 is 23.5 Å². The molecule has 2 aromatic rings. The number of hydrogen-bond acceptors (Lipinski definition) is 13. The Morgan fingerprint density at radius 1 is 0.790 bits per heavy atom. The van der Waals surface area contributed by atoms with Gasteiger partial charge in [-0.3, -0.25) is 33.7 Å². The Balaban J connectivity index is 1.15. The molecule has 7 atom stereocenters. The van der Waals surface area contributed by atoms with Crippen LogP contribution in [0.2, 0.25) is 0 Å². The molecular weight excluding hydrogens is 843 g/mol. The van der Waals surface area contributed by atoms with Crippen LogP contribution in [0.5, 0.6) is 0 Å². The molecule has 0 saturated carbocycles. The fraction of sp³-hybridized carbons (Fsp3) is 0.500. The number of nitrogens with zero attached hydrogens (tertiary/aromatic N) is 4. The maximum absolute atomic E-state index is 14.2. The van der Waals surface area contributed by atoms with E-state index in [2.05, 4.69) is 16.0 Å². The summed E-state index contributed by atoms with van der Waals surface area (Å²) in [4.78, 5) is 125. The monoisotopic (exact) mass is 893 g/mol. The van der Waals surface area contributed by atoms with Crippen LogP contribution in [0.4, 0.5) is 4.79 Å². The predicted octanol–water partition coefficient (Wildman–Crippen LogP) is 1.71. The van der Waals surface area contributed by atoms with Crippen molar-refractivity contribution in [1.82, 2.24) is 35.6 Å². The van der Waals surface area contributed by atoms with Crippen LogP contribution in [-0.2, 0) is 47.8 Å². The first-order chi connectivity index (χ1) is 29.3. The van der Waals surface area contributed by atoms with E-state index < -0.39 is 98.0 Å². The topological polar surface area (TPSA) is 221 Å². The quantitative estimate of drug-likeness (QED) is 0.148. The lowest BCUT2D eigenvalue weighted by molar-refractivity contribution is -0.170. The number of rotatable bonds is 13. The van der Waals surface area contributed by atoms with E-state index in [1.165, 1.54) is 45.1 Å². The molecule has 4 fully saturated rings. The summed E-state index contributed by atoms with van der Waals surface area (Å²) >= 11 is 2.58. The summed E-state index contributed by atoms with van der Waals surface area (Å²) < 4.78 is 9.53. The van der Waals surface area contributed by atoms with Crippen LogP contribution in [0.3, 0.4) is 0 Å². The van der Waals surface area contributed by atoms with Crippen molar-refractivity contribution >= 4 is 76.9 Å². The van der Waals surface area contributed by atoms with E-state index in [1.807, 2.05) is 13.8 Å². The molecule has 6 rings (SSSR count). The van der Waals surface area contributed by atoms with Gasteiger partial charge < -0.3 is 40.1 Å². The summed E-state index contributed by atoms with van der Waals surface area (Å²) in [5, 5.41) is 6.70. The standard InChI is InChI=1S/C42H51N7O11S2/c1-8-46-20-21-47(36(55)35(46)54)40(58)45-27(24-16-12-10-13-17-24)32(51)44-28-34(53)49-31(42(6,7)62-37(28)49)39(57)60-29(25-18-14-11-15-19-25)33(52)43-22-26-48(23(3)50)30(38(56)59-9-2)41(4,5)61-26/h10-19,26-31,37H,8-9,20-22H2,1-7H3,(H,43,52)(H,44,51)(H,45,58)/t26?,27-,28-,29?,30+,31+,37-/m1/s1. The number of carbonyl (C=O) groups is 9. The Kier molecular flexibility index (Phi) is 13.6. The van der Waals surface area contributed by atoms with Crippen LogP contribution < -0.4 is 16.0 Å². The highest BCUT2D eigenvalue weighted by atomic mass is 32.2. The van der Waals surface area contributed by atoms with Gasteiger partial charge >= 0.3 is 29.8 Å². The van der Waals surface area contributed by atoms with Gasteiger partial charge in [0.15, 0.2) is 0 Å². The van der Waals surface area contributed by atoms with Crippen molar-refractivity contribution in [1.29, 1.82) is 0 Å². The molecule has 3 N–H and O–H groups in total. The lowest BCUT2D eigenvalue weighted by Gasteiger charge is -2.44. The normalized spacial score (nSPS) is 24.6. The second kappa shape index (κ2) is 18.4. The number of carbonyl (C=O) groups excluding carboxylic acids is 9. The van der Waals surface area contributed by atoms with Crippen molar-refractivity contribution < 1.29 is 52.6 Å². The molecule has 332 valence electrons. The number of fused-ring (bicyclic) bond motifs is 1. The Labute approximate surface area is 367 Å². The van der Waals surface area contributed by atoms with Gasteiger partial charge in [-0.2, -0.15) is 0 Å². The highest BCUT2D eigenvalue weighted by Gasteiger charge is 2.65. The molecule has 0 spiro atoms. The third-order valence-electron chi connectivity index (χ3n) is 11.1. The summed E-state index contributed by atoms with van der Waals surface area (Å²) in [5.74, 6) is -5.73. The van der Waals surface area contributed by atoms with Crippen LogP contribution in [0, 0.1) is 0 Å². The Bertz CT molecular complexity index is 2120. The number of benzene rings is 2. The second-order valence-corrected chi connectivity index (χ2v) is 19.7. The van der Waals surface area contributed by atoms with Gasteiger partial charge in [-0.25, -0.2) is 14.4 Å². The van der Waals surface area contributed by atoms with Crippen LogP contribution in [0.1, 0.15) is 71.7 Å². The first kappa shape index (κ1) is 45.9. The van der Waals surface area contributed by atoms with Gasteiger partial charge in [-0.05, 0) is 47.1 Å². The second-order valence-electron chi connectivity index (χ2n) is 16.1. The average Bonchev–Trinajstić information content (AvgIpc) is 3.67. The largest absolute Gasteiger partial charge is 0.464 e. The maximum atomic E-state index is 14.2. The number of likely N-dealkylation sites (N-methyl/N-ethyl adjacent to an activating group) is 1. The molecule has 18 nitrogen and oxygen atoms in total. The summed E-state index contributed by atoms with van der Waals surface area (Å²) in [5.41, 5.74) is 0.695. The Morgan fingerprint density at radius 2 is 1.40 bits per heavy atom. The zero-order valence-corrected chi connectivity index (χ0v) is 37.1. The first-order valence-corrected chi connectivity index (χ1v) is 22.0. The lowest BCUT2D eigenvalue weighted by Crippen LogP contribution is -2.71. The smallest absolute Gasteiger partial charge is 0.331 e. The number of ether oxygens (including phenoxy) is 2. The molecule has 4 heterocycles. The average molecular weight is 894 g/mol. The van der Waals surface area contributed by atoms with Crippen LogP contribution in [0.25, 0.3) is 0 Å². The highest BCUT2D eigenvalue weighted by Crippen LogP contribution is 2.51. The molecule has 0 bridgehead atoms. The van der Waals surface area contributed by atoms with E-state index in [4.69, 9.17) is 9.47 Å². The van der Waals surface area contributed by atoms with E-state index in [0.29, 0.717) is 17.7 Å². The zero-order valence-electron chi connectivity index (χ0n) is 35.4. The fourth-order valence-corrected chi connectivity index (χ4v) is 11.4. The molecule has 0 aromatic heterocycles. The third-order valence-corrected chi connectivity index (χ3v) is 14.2. The van der Waals surface area contributed by atoms with E-state index in [9.17, 15) is 43.2 Å². The molecule has 8 amide bonds. The Morgan fingerprint density at radius 3 is 2.00 bits per heavy atom. The van der Waals surface area contributed by atoms with Gasteiger partial charge in [0.1, 0.15) is 29.5 Å². The molecule has 4 aliphatic rings. The van der Waals surface area contributed by atoms with Gasteiger partial charge in [0, 0.05) is 48.2 Å². The summed E-state index contributed by atoms with van der Waals surface area (Å²) in [6, 6.07) is 11.0. The zero-order chi connectivity index (χ0) is 45.3. The first-order valence-electron chi connectivity index (χ1n) is 20.3. The van der Waals surface area contributed by atoms with Gasteiger partial charge in [0.05, 0.1) is 12.0 Å². The maximum Gasteiger partial charge on any atom is 0.331 e. The number of hydrogen-bond donors (Lipinski definition) is 3. The van der Waals surface area contributed by atoms with Crippen molar-refractivity contribution in [3.63, 3.8) is 0 Å². The number of imide groups is 1. The molecule has 0 aliphatic carbocycles. The van der Waals surface area contributed by atoms with E-state index in [1.54, 1.807) is 88.4 Å². The molecule has 2 unspecified atom stereocenters. The van der Waals surface area contributed by atoms with Gasteiger partial charge in [0.25, 0.3) is 5.91 Å². The summed E-state index contributed by atoms with van der Waals surface area (Å²) in [6.07, 6.45) is -1.47. The molecule has 4 saturated heterocycles. The number of nitrogens with one attached hydrogen (secondary N) is 3. The molecule has 0 radical (unpaired) electrons. The molecule has 4 aliphatic heterocycles. The third kappa shape index (κ3) is 8.97. The van der Waals surface area contributed by atoms with Crippen molar-refractivity contribution in [2.24, 2.45) is 0 Å². The minimum atomic E-state index is -1.47. The number of β-lactam (4-membered cyclic amide) rings is 1. The molecule has 62 heavy (non-hydrogen) atoms. The van der Waals surface area contributed by atoms with E-state index in [-0.39, 0.29) is 32.1 Å². The highest BCUT2D eigenvalue weighted by molar-refractivity contribution is 8.02. The number of urea groups is 1. The van der Waals surface area contributed by atoms with Crippen LogP contribution in [0.15, 0.2) is 60.7 Å². The number of piperazine rings is 1. The number of thioether (sulfide) groups is 2. The SMILES string of the molecule is CCOC(=O)[C@@H]1N(C(C)=O)C(CNC(=O)C(OC(=O)[C@@H]2N3C(=O)[C@@H](NC(=O)[C@H](NC(=O)N4CCN(CC)C(=O)C4=O)c4ccccc4)[C@H]3SC2(C)C)c2ccccc2)SC1(C)C. The number of amides is 8. The molecule has 2 aromatic carbocycles. The number of esters is 2. The molecule has 20 heteroatoms. The summed E-state index contributed by atoms with van der Waals surface area (Å²) in [6.45, 7) is 12.2. The minimum Gasteiger partial charge on any atom is -0.464 e. The predicted molar refractivity (Wildman–Crippen MR) is 226 cm³/mol. The summed E-state index contributed by atoms with van der Waals surface area (Å²) in [7, 11) is 0. The van der Waals surface area contributed by atoms with Gasteiger partial charge in [-0.1, -0.05) is 60.7 Å². The Hall–Kier alpha value is -5.63. The van der Waals surface area contributed by atoms with Gasteiger partial charge in [-0.15, -0.1) is 23.5 Å². The fourth-order valence-electron chi connectivity index (χ4n) is 8.16. The van der Waals surface area contributed by atoms with E-state index in [0.717, 1.165) is 4.90 Å². The lowest BCUT2D eigenvalue weighted by atomic mass is 9.95. The van der Waals surface area contributed by atoms with Crippen molar-refractivity contribution in [2.45, 2.75) is 99.0 Å². The van der Waals surface area contributed by atoms with Crippen molar-refractivity contribution in [2.75, 3.05) is 32.8 Å². The van der Waals surface area contributed by atoms with Gasteiger partial charge in [0.2, 0.25) is 23.8 Å². The van der Waals surface area contributed by atoms with Crippen molar-refractivity contribution in [3.05, 3.63) is 71.8 Å².